The molecule has 2 aromatic heterocycles. The van der Waals surface area contributed by atoms with Gasteiger partial charge in [-0.25, -0.2) is 4.98 Å². The number of hydrogen-bond donors (Lipinski definition) is 2. The number of aryl methyl sites for hydroxylation is 2. The van der Waals surface area contributed by atoms with Crippen molar-refractivity contribution in [3.63, 3.8) is 0 Å². The molecule has 2 aromatic rings. The summed E-state index contributed by atoms with van der Waals surface area (Å²) in [5, 5.41) is 6.97. The van der Waals surface area contributed by atoms with Gasteiger partial charge >= 0.3 is 0 Å². The Kier molecular flexibility index (Phi) is 1.80. The minimum absolute atomic E-state index is 0.321. The number of aromatic amines is 1. The summed E-state index contributed by atoms with van der Waals surface area (Å²) in [5.74, 6) is -0.488. The van der Waals surface area contributed by atoms with Crippen molar-refractivity contribution in [1.29, 1.82) is 0 Å². The smallest absolute Gasteiger partial charge is 0.267 e. The van der Waals surface area contributed by atoms with E-state index in [1.807, 2.05) is 12.3 Å². The van der Waals surface area contributed by atoms with Crippen LogP contribution in [0.2, 0.25) is 0 Å². The second-order valence-electron chi connectivity index (χ2n) is 3.83. The van der Waals surface area contributed by atoms with Gasteiger partial charge in [-0.15, -0.1) is 0 Å². The maximum atomic E-state index is 11.0. The van der Waals surface area contributed by atoms with Gasteiger partial charge in [-0.3, -0.25) is 9.89 Å². The molecule has 2 heterocycles. The van der Waals surface area contributed by atoms with Gasteiger partial charge in [0.2, 0.25) is 0 Å². The molecule has 5 heteroatoms. The minimum Gasteiger partial charge on any atom is -0.364 e. The summed E-state index contributed by atoms with van der Waals surface area (Å²) in [6.45, 7) is 0. The number of amides is 1. The minimum atomic E-state index is -0.488. The standard InChI is InChI=1S/C11H10N4O/c12-11(16)9-4-2-7-8(14-9)3-1-6-5-13-15-10(6)7/h2,4-5H,1,3H2,(H2,12,16)(H,13,15). The summed E-state index contributed by atoms with van der Waals surface area (Å²) in [4.78, 5) is 15.3. The highest BCUT2D eigenvalue weighted by Crippen LogP contribution is 2.30. The Labute approximate surface area is 91.7 Å². The lowest BCUT2D eigenvalue weighted by Crippen LogP contribution is -2.15. The number of nitrogens with zero attached hydrogens (tertiary/aromatic N) is 2. The average molecular weight is 214 g/mol. The van der Waals surface area contributed by atoms with Gasteiger partial charge in [-0.05, 0) is 30.5 Å². The predicted molar refractivity (Wildman–Crippen MR) is 57.7 cm³/mol. The molecule has 0 aromatic carbocycles. The van der Waals surface area contributed by atoms with Gasteiger partial charge in [-0.1, -0.05) is 0 Å². The van der Waals surface area contributed by atoms with Crippen molar-refractivity contribution < 1.29 is 4.79 Å². The number of carbonyl (C=O) groups is 1. The number of primary amides is 1. The molecule has 0 saturated heterocycles. The predicted octanol–water partition coefficient (Wildman–Crippen LogP) is 0.669. The summed E-state index contributed by atoms with van der Waals surface area (Å²) in [5.41, 5.74) is 9.65. The highest BCUT2D eigenvalue weighted by molar-refractivity contribution is 5.91. The van der Waals surface area contributed by atoms with Crippen molar-refractivity contribution in [2.75, 3.05) is 0 Å². The summed E-state index contributed by atoms with van der Waals surface area (Å²) < 4.78 is 0. The van der Waals surface area contributed by atoms with E-state index >= 15 is 0 Å². The van der Waals surface area contributed by atoms with Gasteiger partial charge < -0.3 is 5.73 Å². The molecule has 0 bridgehead atoms. The van der Waals surface area contributed by atoms with E-state index < -0.39 is 5.91 Å². The molecule has 3 N–H and O–H groups in total. The molecular weight excluding hydrogens is 204 g/mol. The maximum absolute atomic E-state index is 11.0. The zero-order valence-electron chi connectivity index (χ0n) is 8.53. The van der Waals surface area contributed by atoms with Gasteiger partial charge in [0.25, 0.3) is 5.91 Å². The third-order valence-electron chi connectivity index (χ3n) is 2.84. The molecule has 0 spiro atoms. The molecule has 80 valence electrons. The first-order valence-corrected chi connectivity index (χ1v) is 5.08. The third kappa shape index (κ3) is 1.21. The van der Waals surface area contributed by atoms with Gasteiger partial charge in [0.15, 0.2) is 0 Å². The molecule has 1 aliphatic rings. The van der Waals surface area contributed by atoms with Gasteiger partial charge in [-0.2, -0.15) is 5.10 Å². The number of nitrogens with one attached hydrogen (secondary N) is 1. The second kappa shape index (κ2) is 3.16. The van der Waals surface area contributed by atoms with Crippen LogP contribution in [-0.4, -0.2) is 21.1 Å². The number of rotatable bonds is 1. The molecule has 0 saturated carbocycles. The monoisotopic (exact) mass is 214 g/mol. The fourth-order valence-electron chi connectivity index (χ4n) is 2.04. The Hall–Kier alpha value is -2.17. The lowest BCUT2D eigenvalue weighted by atomic mass is 9.94. The van der Waals surface area contributed by atoms with Crippen LogP contribution in [0.15, 0.2) is 18.3 Å². The number of hydrogen-bond acceptors (Lipinski definition) is 3. The normalized spacial score (nSPS) is 13.0. The van der Waals surface area contributed by atoms with Crippen LogP contribution < -0.4 is 5.73 Å². The van der Waals surface area contributed by atoms with Crippen LogP contribution in [0.3, 0.4) is 0 Å². The van der Waals surface area contributed by atoms with E-state index in [0.717, 1.165) is 29.8 Å². The highest BCUT2D eigenvalue weighted by Gasteiger charge is 2.19. The van der Waals surface area contributed by atoms with Crippen molar-refractivity contribution in [2.45, 2.75) is 12.8 Å². The van der Waals surface area contributed by atoms with Gasteiger partial charge in [0.1, 0.15) is 5.69 Å². The van der Waals surface area contributed by atoms with Crippen LogP contribution in [0.4, 0.5) is 0 Å². The van der Waals surface area contributed by atoms with Crippen LogP contribution >= 0.6 is 0 Å². The number of H-pyrrole nitrogens is 1. The molecule has 5 nitrogen and oxygen atoms in total. The van der Waals surface area contributed by atoms with Crippen LogP contribution in [-0.2, 0) is 12.8 Å². The Bertz CT molecular complexity index is 573. The zero-order valence-corrected chi connectivity index (χ0v) is 8.53. The number of carbonyl (C=O) groups excluding carboxylic acids is 1. The first-order chi connectivity index (χ1) is 7.75. The van der Waals surface area contributed by atoms with Crippen molar-refractivity contribution in [3.05, 3.63) is 35.3 Å². The molecule has 1 amide bonds. The summed E-state index contributed by atoms with van der Waals surface area (Å²) in [6, 6.07) is 3.52. The van der Waals surface area contributed by atoms with Crippen LogP contribution in [0.25, 0.3) is 11.3 Å². The Morgan fingerprint density at radius 1 is 1.38 bits per heavy atom. The fourth-order valence-corrected chi connectivity index (χ4v) is 2.04. The first kappa shape index (κ1) is 9.08. The average Bonchev–Trinajstić information content (AvgIpc) is 2.76. The van der Waals surface area contributed by atoms with Gasteiger partial charge in [0.05, 0.1) is 17.6 Å². The van der Waals surface area contributed by atoms with Crippen LogP contribution in [0.1, 0.15) is 21.7 Å². The Morgan fingerprint density at radius 3 is 3.06 bits per heavy atom. The van der Waals surface area contributed by atoms with E-state index in [0.29, 0.717) is 5.69 Å². The van der Waals surface area contributed by atoms with E-state index in [-0.39, 0.29) is 0 Å². The van der Waals surface area contributed by atoms with Crippen molar-refractivity contribution in [3.8, 4) is 11.3 Å². The number of nitrogens with two attached hydrogens (primary N) is 1. The number of aromatic nitrogens is 3. The Balaban J connectivity index is 2.17. The molecule has 0 radical (unpaired) electrons. The molecule has 0 fully saturated rings. The summed E-state index contributed by atoms with van der Waals surface area (Å²) in [6.07, 6.45) is 3.55. The van der Waals surface area contributed by atoms with E-state index in [2.05, 4.69) is 15.2 Å². The number of pyridine rings is 1. The van der Waals surface area contributed by atoms with E-state index in [1.165, 1.54) is 5.56 Å². The largest absolute Gasteiger partial charge is 0.364 e. The number of fused-ring (bicyclic) bond motifs is 3. The van der Waals surface area contributed by atoms with E-state index in [9.17, 15) is 4.79 Å². The lowest BCUT2D eigenvalue weighted by molar-refractivity contribution is 0.0995. The molecular formula is C11H10N4O. The third-order valence-corrected chi connectivity index (χ3v) is 2.84. The SMILES string of the molecule is NC(=O)c1ccc2c(n1)CCc1cn[nH]c1-2. The Morgan fingerprint density at radius 2 is 2.25 bits per heavy atom. The summed E-state index contributed by atoms with van der Waals surface area (Å²) in [7, 11) is 0. The quantitative estimate of drug-likeness (QED) is 0.731. The van der Waals surface area contributed by atoms with Crippen LogP contribution in [0, 0.1) is 0 Å². The fraction of sp³-hybridized carbons (Fsp3) is 0.182. The first-order valence-electron chi connectivity index (χ1n) is 5.08. The zero-order chi connectivity index (χ0) is 11.1. The van der Waals surface area contributed by atoms with Crippen molar-refractivity contribution in [1.82, 2.24) is 15.2 Å². The van der Waals surface area contributed by atoms with Crippen molar-refractivity contribution >= 4 is 5.91 Å². The maximum Gasteiger partial charge on any atom is 0.267 e. The summed E-state index contributed by atoms with van der Waals surface area (Å²) >= 11 is 0. The van der Waals surface area contributed by atoms with E-state index in [4.69, 9.17) is 5.73 Å². The van der Waals surface area contributed by atoms with E-state index in [1.54, 1.807) is 6.07 Å². The topological polar surface area (TPSA) is 84.7 Å². The molecule has 16 heavy (non-hydrogen) atoms. The second-order valence-corrected chi connectivity index (χ2v) is 3.83. The van der Waals surface area contributed by atoms with Crippen molar-refractivity contribution in [2.24, 2.45) is 5.73 Å². The molecule has 1 aliphatic carbocycles. The molecule has 0 aliphatic heterocycles. The lowest BCUT2D eigenvalue weighted by Gasteiger charge is -2.14. The molecule has 3 rings (SSSR count). The molecule has 0 atom stereocenters. The molecule has 0 unspecified atom stereocenters. The van der Waals surface area contributed by atoms with Gasteiger partial charge in [0, 0.05) is 5.56 Å². The highest BCUT2D eigenvalue weighted by atomic mass is 16.1. The van der Waals surface area contributed by atoms with Crippen LogP contribution in [0.5, 0.6) is 0 Å².